The average molecular weight is 358 g/mol. The van der Waals surface area contributed by atoms with E-state index < -0.39 is 17.6 Å². The Morgan fingerprint density at radius 1 is 1.17 bits per heavy atom. The number of hydrogen-bond donors (Lipinski definition) is 0. The molecule has 0 unspecified atom stereocenters. The second-order valence-corrected chi connectivity index (χ2v) is 5.28. The van der Waals surface area contributed by atoms with Gasteiger partial charge in [-0.3, -0.25) is 4.79 Å². The Morgan fingerprint density at radius 3 is 2.38 bits per heavy atom. The zero-order valence-corrected chi connectivity index (χ0v) is 13.6. The lowest BCUT2D eigenvalue weighted by Crippen LogP contribution is -2.31. The smallest absolute Gasteiger partial charge is 0.416 e. The molecule has 0 aliphatic carbocycles. The van der Waals surface area contributed by atoms with Gasteiger partial charge >= 0.3 is 6.18 Å². The van der Waals surface area contributed by atoms with Gasteiger partial charge in [-0.2, -0.15) is 13.2 Å². The van der Waals surface area contributed by atoms with Crippen LogP contribution in [0, 0.1) is 0 Å². The molecule has 0 bridgehead atoms. The Morgan fingerprint density at radius 2 is 1.83 bits per heavy atom. The maximum absolute atomic E-state index is 12.9. The molecule has 0 saturated heterocycles. The van der Waals surface area contributed by atoms with Gasteiger partial charge in [0.1, 0.15) is 11.6 Å². The number of hydrogen-bond acceptors (Lipinski definition) is 2. The molecule has 2 rings (SSSR count). The summed E-state index contributed by atoms with van der Waals surface area (Å²) >= 11 is 5.61. The van der Waals surface area contributed by atoms with E-state index in [-0.39, 0.29) is 18.1 Å². The number of nitrogens with zero attached hydrogens (tertiary/aromatic N) is 1. The number of benzene rings is 2. The highest BCUT2D eigenvalue weighted by atomic mass is 35.5. The number of carbonyl (C=O) groups excluding carboxylic acids is 1. The molecule has 0 fully saturated rings. The van der Waals surface area contributed by atoms with Crippen LogP contribution >= 0.6 is 11.6 Å². The summed E-state index contributed by atoms with van der Waals surface area (Å²) in [5, 5.41) is 0. The summed E-state index contributed by atoms with van der Waals surface area (Å²) in [6.07, 6.45) is -4.48. The first-order valence-electron chi connectivity index (χ1n) is 7.01. The number of rotatable bonds is 5. The molecule has 0 N–H and O–H groups in total. The van der Waals surface area contributed by atoms with E-state index in [1.165, 1.54) is 24.1 Å². The van der Waals surface area contributed by atoms with Crippen LogP contribution in [0.3, 0.4) is 0 Å². The second kappa shape index (κ2) is 7.57. The van der Waals surface area contributed by atoms with E-state index in [0.29, 0.717) is 5.75 Å². The lowest BCUT2D eigenvalue weighted by atomic mass is 10.1. The van der Waals surface area contributed by atoms with Crippen molar-refractivity contribution < 1.29 is 22.7 Å². The predicted octanol–water partition coefficient (Wildman–Crippen LogP) is 4.49. The van der Waals surface area contributed by atoms with Crippen LogP contribution in [0.15, 0.2) is 48.5 Å². The molecule has 0 aliphatic rings. The third kappa shape index (κ3) is 4.41. The van der Waals surface area contributed by atoms with Crippen molar-refractivity contribution >= 4 is 23.2 Å². The zero-order chi connectivity index (χ0) is 17.7. The fourth-order valence-electron chi connectivity index (χ4n) is 2.16. The third-order valence-corrected chi connectivity index (χ3v) is 3.63. The van der Waals surface area contributed by atoms with E-state index in [1.54, 1.807) is 24.3 Å². The van der Waals surface area contributed by atoms with Gasteiger partial charge in [-0.1, -0.05) is 18.2 Å². The first-order chi connectivity index (χ1) is 11.3. The van der Waals surface area contributed by atoms with Crippen LogP contribution < -0.4 is 9.64 Å². The van der Waals surface area contributed by atoms with Crippen molar-refractivity contribution in [2.24, 2.45) is 0 Å². The molecule has 0 spiro atoms. The molecule has 2 aromatic rings. The van der Waals surface area contributed by atoms with Crippen molar-refractivity contribution in [3.05, 3.63) is 59.7 Å². The number of methoxy groups -OCH3 is 1. The van der Waals surface area contributed by atoms with E-state index in [2.05, 4.69) is 0 Å². The molecule has 0 radical (unpaired) electrons. The minimum absolute atomic E-state index is 0.108. The van der Waals surface area contributed by atoms with Crippen LogP contribution in [0.2, 0.25) is 0 Å². The van der Waals surface area contributed by atoms with Gasteiger partial charge in [0.25, 0.3) is 0 Å². The predicted molar refractivity (Wildman–Crippen MR) is 86.3 cm³/mol. The molecule has 128 valence electrons. The van der Waals surface area contributed by atoms with Crippen LogP contribution in [0.25, 0.3) is 0 Å². The van der Waals surface area contributed by atoms with Gasteiger partial charge in [0.05, 0.1) is 19.2 Å². The highest BCUT2D eigenvalue weighted by Gasteiger charge is 2.31. The summed E-state index contributed by atoms with van der Waals surface area (Å²) < 4.78 is 43.7. The van der Waals surface area contributed by atoms with E-state index in [9.17, 15) is 18.0 Å². The van der Waals surface area contributed by atoms with Crippen molar-refractivity contribution in [2.75, 3.05) is 17.9 Å². The fraction of sp³-hybridized carbons (Fsp3) is 0.235. The number of halogens is 4. The molecule has 0 aliphatic heterocycles. The highest BCUT2D eigenvalue weighted by molar-refractivity contribution is 6.29. The Bertz CT molecular complexity index is 702. The van der Waals surface area contributed by atoms with Crippen LogP contribution in [0.5, 0.6) is 5.75 Å². The minimum atomic E-state index is -4.48. The molecule has 24 heavy (non-hydrogen) atoms. The minimum Gasteiger partial charge on any atom is -0.497 e. The number of amides is 1. The lowest BCUT2D eigenvalue weighted by Gasteiger charge is -2.23. The molecule has 0 heterocycles. The SMILES string of the molecule is COc1ccc(CN(C(=O)CCl)c2cccc(C(F)(F)F)c2)cc1. The van der Waals surface area contributed by atoms with Crippen molar-refractivity contribution in [1.82, 2.24) is 0 Å². The van der Waals surface area contributed by atoms with Crippen LogP contribution in [0.4, 0.5) is 18.9 Å². The summed E-state index contributed by atoms with van der Waals surface area (Å²) in [5.74, 6) is -0.160. The molecular formula is C17H15ClF3NO2. The Labute approximate surface area is 142 Å². The number of carbonyl (C=O) groups is 1. The van der Waals surface area contributed by atoms with E-state index in [1.807, 2.05) is 0 Å². The Kier molecular flexibility index (Phi) is 5.72. The normalized spacial score (nSPS) is 11.2. The molecule has 7 heteroatoms. The first kappa shape index (κ1) is 18.1. The highest BCUT2D eigenvalue weighted by Crippen LogP contribution is 2.32. The molecule has 0 atom stereocenters. The number of alkyl halides is 4. The molecule has 0 aromatic heterocycles. The van der Waals surface area contributed by atoms with Crippen molar-refractivity contribution in [3.63, 3.8) is 0 Å². The van der Waals surface area contributed by atoms with Gasteiger partial charge in [-0.05, 0) is 35.9 Å². The van der Waals surface area contributed by atoms with Gasteiger partial charge in [0, 0.05) is 5.69 Å². The first-order valence-corrected chi connectivity index (χ1v) is 7.55. The maximum atomic E-state index is 12.9. The monoisotopic (exact) mass is 357 g/mol. The molecular weight excluding hydrogens is 343 g/mol. The fourth-order valence-corrected chi connectivity index (χ4v) is 2.30. The van der Waals surface area contributed by atoms with Crippen LogP contribution in [-0.2, 0) is 17.5 Å². The average Bonchev–Trinajstić information content (AvgIpc) is 2.59. The topological polar surface area (TPSA) is 29.5 Å². The largest absolute Gasteiger partial charge is 0.497 e. The standard InChI is InChI=1S/C17H15ClF3NO2/c1-24-15-7-5-12(6-8-15)11-22(16(23)10-18)14-4-2-3-13(9-14)17(19,20)21/h2-9H,10-11H2,1H3. The van der Waals surface area contributed by atoms with E-state index in [4.69, 9.17) is 16.3 Å². The quantitative estimate of drug-likeness (QED) is 0.738. The summed E-state index contributed by atoms with van der Waals surface area (Å²) in [5.41, 5.74) is 0.0695. The van der Waals surface area contributed by atoms with Gasteiger partial charge in [-0.15, -0.1) is 11.6 Å². The third-order valence-electron chi connectivity index (χ3n) is 3.40. The summed E-state index contributed by atoms with van der Waals surface area (Å²) in [7, 11) is 1.53. The lowest BCUT2D eigenvalue weighted by molar-refractivity contribution is -0.137. The van der Waals surface area contributed by atoms with Crippen LogP contribution in [-0.4, -0.2) is 18.9 Å². The van der Waals surface area contributed by atoms with Crippen molar-refractivity contribution in [3.8, 4) is 5.75 Å². The van der Waals surface area contributed by atoms with Gasteiger partial charge in [0.15, 0.2) is 0 Å². The number of ether oxygens (including phenoxy) is 1. The Balaban J connectivity index is 2.33. The number of anilines is 1. The van der Waals surface area contributed by atoms with Gasteiger partial charge in [0.2, 0.25) is 5.91 Å². The van der Waals surface area contributed by atoms with Crippen molar-refractivity contribution in [2.45, 2.75) is 12.7 Å². The maximum Gasteiger partial charge on any atom is 0.416 e. The molecule has 1 amide bonds. The van der Waals surface area contributed by atoms with Gasteiger partial charge < -0.3 is 9.64 Å². The van der Waals surface area contributed by atoms with E-state index >= 15 is 0 Å². The van der Waals surface area contributed by atoms with Gasteiger partial charge in [-0.25, -0.2) is 0 Å². The summed E-state index contributed by atoms with van der Waals surface area (Å²) in [6.45, 7) is 0.108. The summed E-state index contributed by atoms with van der Waals surface area (Å²) in [6, 6.07) is 11.5. The van der Waals surface area contributed by atoms with E-state index in [0.717, 1.165) is 17.7 Å². The Hall–Kier alpha value is -2.21. The second-order valence-electron chi connectivity index (χ2n) is 5.01. The molecule has 0 saturated carbocycles. The van der Waals surface area contributed by atoms with Crippen molar-refractivity contribution in [1.29, 1.82) is 0 Å². The molecule has 2 aromatic carbocycles. The zero-order valence-electron chi connectivity index (χ0n) is 12.8. The summed E-state index contributed by atoms with van der Waals surface area (Å²) in [4.78, 5) is 13.3. The van der Waals surface area contributed by atoms with Crippen LogP contribution in [0.1, 0.15) is 11.1 Å². The molecule has 3 nitrogen and oxygen atoms in total.